The summed E-state index contributed by atoms with van der Waals surface area (Å²) >= 11 is 1.74. The maximum Gasteiger partial charge on any atom is 0.191 e. The summed E-state index contributed by atoms with van der Waals surface area (Å²) in [5, 5.41) is 11.1. The lowest BCUT2D eigenvalue weighted by Gasteiger charge is -2.16. The lowest BCUT2D eigenvalue weighted by Crippen LogP contribution is -2.38. The highest BCUT2D eigenvalue weighted by Crippen LogP contribution is 2.17. The first-order valence-electron chi connectivity index (χ1n) is 7.83. The van der Waals surface area contributed by atoms with Gasteiger partial charge in [-0.3, -0.25) is 4.99 Å². The van der Waals surface area contributed by atoms with Crippen LogP contribution in [0.5, 0.6) is 0 Å². The second kappa shape index (κ2) is 10.6. The minimum atomic E-state index is 0. The number of hydrogen-bond donors (Lipinski definition) is 2. The monoisotopic (exact) mass is 458 g/mol. The molecule has 0 amide bonds. The Morgan fingerprint density at radius 3 is 2.42 bits per heavy atom. The number of hydrogen-bond acceptors (Lipinski definition) is 3. The molecule has 0 aliphatic carbocycles. The molecule has 1 aromatic heterocycles. The van der Waals surface area contributed by atoms with Gasteiger partial charge in [0.25, 0.3) is 0 Å². The molecule has 0 saturated carbocycles. The number of aliphatic imine (C=N–C) groups is 1. The molecule has 0 radical (unpaired) electrons. The third-order valence-electron chi connectivity index (χ3n) is 3.82. The van der Waals surface area contributed by atoms with Crippen LogP contribution in [0.15, 0.2) is 46.1 Å². The third-order valence-corrected chi connectivity index (χ3v) is 4.53. The predicted octanol–water partition coefficient (Wildman–Crippen LogP) is 3.90. The van der Waals surface area contributed by atoms with Crippen LogP contribution in [0.2, 0.25) is 0 Å². The Hall–Kier alpha value is -1.28. The molecule has 0 fully saturated rings. The van der Waals surface area contributed by atoms with Crippen LogP contribution in [-0.4, -0.2) is 33.6 Å². The van der Waals surface area contributed by atoms with Gasteiger partial charge in [-0.15, -0.1) is 24.0 Å². The average Bonchev–Trinajstić information content (AvgIpc) is 3.09. The zero-order valence-corrected chi connectivity index (χ0v) is 17.9. The maximum absolute atomic E-state index is 4.29. The minimum absolute atomic E-state index is 0. The summed E-state index contributed by atoms with van der Waals surface area (Å²) in [4.78, 5) is 6.39. The molecule has 2 aromatic rings. The Bertz CT molecular complexity index is 608. The fourth-order valence-electron chi connectivity index (χ4n) is 2.24. The van der Waals surface area contributed by atoms with Gasteiger partial charge in [0.1, 0.15) is 0 Å². The minimum Gasteiger partial charge on any atom is -0.378 e. The van der Waals surface area contributed by atoms with Crippen LogP contribution in [0.1, 0.15) is 24.0 Å². The Labute approximate surface area is 166 Å². The molecule has 4 nitrogen and oxygen atoms in total. The van der Waals surface area contributed by atoms with Crippen molar-refractivity contribution >= 4 is 47.0 Å². The van der Waals surface area contributed by atoms with Gasteiger partial charge in [-0.1, -0.05) is 19.1 Å². The van der Waals surface area contributed by atoms with Crippen LogP contribution in [0.3, 0.4) is 0 Å². The quantitative estimate of drug-likeness (QED) is 0.392. The Balaban J connectivity index is 0.00000288. The van der Waals surface area contributed by atoms with Gasteiger partial charge in [0, 0.05) is 39.9 Å². The van der Waals surface area contributed by atoms with Crippen LogP contribution in [0.4, 0.5) is 5.69 Å². The largest absolute Gasteiger partial charge is 0.378 e. The molecular formula is C18H27IN4S. The molecule has 2 N–H and O–H groups in total. The smallest absolute Gasteiger partial charge is 0.191 e. The topological polar surface area (TPSA) is 39.7 Å². The number of rotatable bonds is 6. The number of nitrogens with zero attached hydrogens (tertiary/aromatic N) is 2. The Morgan fingerprint density at radius 2 is 1.88 bits per heavy atom. The number of thiophene rings is 1. The van der Waals surface area contributed by atoms with E-state index in [9.17, 15) is 0 Å². The van der Waals surface area contributed by atoms with E-state index in [1.54, 1.807) is 18.4 Å². The van der Waals surface area contributed by atoms with Crippen LogP contribution in [-0.2, 0) is 6.54 Å². The molecule has 1 heterocycles. The van der Waals surface area contributed by atoms with E-state index in [-0.39, 0.29) is 24.0 Å². The molecule has 0 spiro atoms. The molecule has 132 valence electrons. The Morgan fingerprint density at radius 1 is 1.17 bits per heavy atom. The molecule has 1 atom stereocenters. The number of guanidine groups is 1. The molecule has 0 saturated heterocycles. The maximum atomic E-state index is 4.29. The first-order chi connectivity index (χ1) is 11.1. The number of halogens is 1. The standard InChI is InChI=1S/C18H26N4S.HI/c1-14(16-9-10-23-13-16)11-20-18(19-2)21-12-15-5-7-17(8-6-15)22(3)4;/h5-10,13-14H,11-12H2,1-4H3,(H2,19,20,21);1H. The van der Waals surface area contributed by atoms with E-state index in [0.29, 0.717) is 5.92 Å². The van der Waals surface area contributed by atoms with Gasteiger partial charge >= 0.3 is 0 Å². The SMILES string of the molecule is CN=C(NCc1ccc(N(C)C)cc1)NCC(C)c1ccsc1.I. The van der Waals surface area contributed by atoms with Gasteiger partial charge in [-0.25, -0.2) is 0 Å². The van der Waals surface area contributed by atoms with Crippen LogP contribution in [0.25, 0.3) is 0 Å². The summed E-state index contributed by atoms with van der Waals surface area (Å²) in [7, 11) is 5.90. The van der Waals surface area contributed by atoms with Crippen molar-refractivity contribution in [2.75, 3.05) is 32.6 Å². The molecule has 1 unspecified atom stereocenters. The molecule has 0 bridgehead atoms. The van der Waals surface area contributed by atoms with E-state index < -0.39 is 0 Å². The van der Waals surface area contributed by atoms with Crippen LogP contribution >= 0.6 is 35.3 Å². The van der Waals surface area contributed by atoms with Crippen molar-refractivity contribution in [3.05, 3.63) is 52.2 Å². The predicted molar refractivity (Wildman–Crippen MR) is 117 cm³/mol. The van der Waals surface area contributed by atoms with Crippen molar-refractivity contribution in [2.24, 2.45) is 4.99 Å². The van der Waals surface area contributed by atoms with Crippen molar-refractivity contribution in [3.63, 3.8) is 0 Å². The molecule has 6 heteroatoms. The molecule has 24 heavy (non-hydrogen) atoms. The fourth-order valence-corrected chi connectivity index (χ4v) is 3.02. The van der Waals surface area contributed by atoms with Gasteiger partial charge in [0.2, 0.25) is 0 Å². The van der Waals surface area contributed by atoms with E-state index in [1.165, 1.54) is 16.8 Å². The second-order valence-electron chi connectivity index (χ2n) is 5.83. The highest BCUT2D eigenvalue weighted by molar-refractivity contribution is 14.0. The van der Waals surface area contributed by atoms with E-state index in [2.05, 4.69) is 68.5 Å². The molecular weight excluding hydrogens is 431 g/mol. The highest BCUT2D eigenvalue weighted by atomic mass is 127. The van der Waals surface area contributed by atoms with Crippen molar-refractivity contribution in [1.29, 1.82) is 0 Å². The number of anilines is 1. The van der Waals surface area contributed by atoms with E-state index in [0.717, 1.165) is 19.0 Å². The zero-order valence-electron chi connectivity index (χ0n) is 14.7. The molecule has 0 aliphatic heterocycles. The summed E-state index contributed by atoms with van der Waals surface area (Å²) in [5.74, 6) is 1.31. The number of benzene rings is 1. The summed E-state index contributed by atoms with van der Waals surface area (Å²) in [6.45, 7) is 3.86. The third kappa shape index (κ3) is 6.32. The van der Waals surface area contributed by atoms with Gasteiger partial charge in [0.15, 0.2) is 5.96 Å². The second-order valence-corrected chi connectivity index (χ2v) is 6.61. The normalized spacial score (nSPS) is 12.2. The van der Waals surface area contributed by atoms with Crippen molar-refractivity contribution in [2.45, 2.75) is 19.4 Å². The first kappa shape index (κ1) is 20.8. The number of nitrogens with one attached hydrogen (secondary N) is 2. The molecule has 1 aromatic carbocycles. The van der Waals surface area contributed by atoms with E-state index in [1.807, 2.05) is 14.1 Å². The Kier molecular flexibility index (Phi) is 9.13. The molecule has 2 rings (SSSR count). The van der Waals surface area contributed by atoms with Crippen LogP contribution < -0.4 is 15.5 Å². The summed E-state index contributed by atoms with van der Waals surface area (Å²) in [5.41, 5.74) is 3.82. The van der Waals surface area contributed by atoms with Gasteiger partial charge in [-0.2, -0.15) is 11.3 Å². The summed E-state index contributed by atoms with van der Waals surface area (Å²) in [6, 6.07) is 10.7. The van der Waals surface area contributed by atoms with Crippen LogP contribution in [0, 0.1) is 0 Å². The van der Waals surface area contributed by atoms with E-state index in [4.69, 9.17) is 0 Å². The summed E-state index contributed by atoms with van der Waals surface area (Å²) in [6.07, 6.45) is 0. The van der Waals surface area contributed by atoms with E-state index >= 15 is 0 Å². The van der Waals surface area contributed by atoms with Gasteiger partial charge in [-0.05, 0) is 46.0 Å². The first-order valence-corrected chi connectivity index (χ1v) is 8.77. The van der Waals surface area contributed by atoms with Crippen molar-refractivity contribution < 1.29 is 0 Å². The van der Waals surface area contributed by atoms with Gasteiger partial charge in [0.05, 0.1) is 0 Å². The summed E-state index contributed by atoms with van der Waals surface area (Å²) < 4.78 is 0. The lowest BCUT2D eigenvalue weighted by molar-refractivity contribution is 0.701. The zero-order chi connectivity index (χ0) is 16.7. The van der Waals surface area contributed by atoms with Gasteiger partial charge < -0.3 is 15.5 Å². The lowest BCUT2D eigenvalue weighted by atomic mass is 10.1. The van der Waals surface area contributed by atoms with Crippen molar-refractivity contribution in [3.8, 4) is 0 Å². The average molecular weight is 458 g/mol. The highest BCUT2D eigenvalue weighted by Gasteiger charge is 2.07. The van der Waals surface area contributed by atoms with Crippen molar-refractivity contribution in [1.82, 2.24) is 10.6 Å². The molecule has 0 aliphatic rings. The fraction of sp³-hybridized carbons (Fsp3) is 0.389.